The van der Waals surface area contributed by atoms with Gasteiger partial charge in [0.15, 0.2) is 0 Å². The smallest absolute Gasteiger partial charge is 0.335 e. The van der Waals surface area contributed by atoms with Crippen molar-refractivity contribution in [3.05, 3.63) is 63.7 Å². The quantitative estimate of drug-likeness (QED) is 0.633. The molecule has 27 heavy (non-hydrogen) atoms. The minimum atomic E-state index is -0.976. The lowest BCUT2D eigenvalue weighted by Crippen LogP contribution is -1.99. The van der Waals surface area contributed by atoms with Crippen LogP contribution in [0.1, 0.15) is 45.0 Å². The Bertz CT molecular complexity index is 1090. The van der Waals surface area contributed by atoms with Gasteiger partial charge in [0.05, 0.1) is 17.3 Å². The molecule has 2 aromatic heterocycles. The van der Waals surface area contributed by atoms with Crippen molar-refractivity contribution in [1.82, 2.24) is 0 Å². The molecule has 0 spiro atoms. The first-order valence-corrected chi connectivity index (χ1v) is 9.49. The Hall–Kier alpha value is -3.17. The molecule has 134 valence electrons. The minimum Gasteiger partial charge on any atom is -0.478 e. The van der Waals surface area contributed by atoms with Crippen molar-refractivity contribution in [2.75, 3.05) is 0 Å². The van der Waals surface area contributed by atoms with Gasteiger partial charge in [-0.05, 0) is 55.5 Å². The van der Waals surface area contributed by atoms with Crippen molar-refractivity contribution in [1.29, 1.82) is 5.26 Å². The Morgan fingerprint density at radius 2 is 2.11 bits per heavy atom. The van der Waals surface area contributed by atoms with E-state index in [-0.39, 0.29) is 5.56 Å². The third-order valence-corrected chi connectivity index (χ3v) is 5.79. The van der Waals surface area contributed by atoms with Crippen LogP contribution in [0, 0.1) is 11.3 Å². The van der Waals surface area contributed by atoms with E-state index in [9.17, 15) is 10.1 Å². The van der Waals surface area contributed by atoms with Gasteiger partial charge in [0.25, 0.3) is 0 Å². The number of carboxylic acids is 1. The van der Waals surface area contributed by atoms with E-state index in [1.807, 2.05) is 0 Å². The molecule has 2 heterocycles. The summed E-state index contributed by atoms with van der Waals surface area (Å²) in [6.07, 6.45) is 5.88. The van der Waals surface area contributed by atoms with Crippen molar-refractivity contribution < 1.29 is 14.3 Å². The third-order valence-electron chi connectivity index (χ3n) is 4.59. The van der Waals surface area contributed by atoms with Crippen LogP contribution < -0.4 is 0 Å². The number of carbonyl (C=O) groups is 1. The van der Waals surface area contributed by atoms with Crippen LogP contribution in [0.15, 0.2) is 45.8 Å². The van der Waals surface area contributed by atoms with Gasteiger partial charge in [0.2, 0.25) is 0 Å². The highest BCUT2D eigenvalue weighted by atomic mass is 32.1. The molecular formula is C21H16N2O3S. The molecule has 0 aliphatic heterocycles. The summed E-state index contributed by atoms with van der Waals surface area (Å²) in [4.78, 5) is 16.9. The fourth-order valence-electron chi connectivity index (χ4n) is 3.26. The lowest BCUT2D eigenvalue weighted by molar-refractivity contribution is 0.0697. The normalized spacial score (nSPS) is 13.4. The zero-order valence-electron chi connectivity index (χ0n) is 14.4. The topological polar surface area (TPSA) is 86.6 Å². The van der Waals surface area contributed by atoms with Crippen LogP contribution in [0.4, 0.5) is 5.00 Å². The Labute approximate surface area is 160 Å². The van der Waals surface area contributed by atoms with Crippen LogP contribution in [0.3, 0.4) is 0 Å². The molecule has 5 nitrogen and oxygen atoms in total. The highest BCUT2D eigenvalue weighted by Gasteiger charge is 2.20. The molecule has 0 saturated heterocycles. The molecule has 0 atom stereocenters. The van der Waals surface area contributed by atoms with E-state index in [0.29, 0.717) is 22.6 Å². The molecule has 4 rings (SSSR count). The number of rotatable bonds is 4. The number of aliphatic imine (C=N–C) groups is 1. The van der Waals surface area contributed by atoms with Crippen LogP contribution in [-0.2, 0) is 12.8 Å². The molecule has 1 aliphatic rings. The number of fused-ring (bicyclic) bond motifs is 1. The SMILES string of the molecule is N#Cc1c(N=Cc2ccc(-c3cccc(C(=O)O)c3)o2)sc2c1CCCC2. The summed E-state index contributed by atoms with van der Waals surface area (Å²) in [7, 11) is 0. The maximum atomic E-state index is 11.1. The molecule has 1 aromatic carbocycles. The van der Waals surface area contributed by atoms with Crippen LogP contribution in [0.25, 0.3) is 11.3 Å². The number of benzene rings is 1. The summed E-state index contributed by atoms with van der Waals surface area (Å²) in [5, 5.41) is 19.3. The van der Waals surface area contributed by atoms with Crippen molar-refractivity contribution in [3.63, 3.8) is 0 Å². The van der Waals surface area contributed by atoms with Gasteiger partial charge in [0.1, 0.15) is 22.6 Å². The van der Waals surface area contributed by atoms with Gasteiger partial charge in [-0.2, -0.15) is 5.26 Å². The van der Waals surface area contributed by atoms with Gasteiger partial charge in [-0.15, -0.1) is 11.3 Å². The molecule has 6 heteroatoms. The summed E-state index contributed by atoms with van der Waals surface area (Å²) < 4.78 is 5.78. The predicted molar refractivity (Wildman–Crippen MR) is 104 cm³/mol. The number of furan rings is 1. The van der Waals surface area contributed by atoms with E-state index < -0.39 is 5.97 Å². The second-order valence-electron chi connectivity index (χ2n) is 6.35. The van der Waals surface area contributed by atoms with Crippen LogP contribution in [0.5, 0.6) is 0 Å². The average molecular weight is 376 g/mol. The number of thiophene rings is 1. The van der Waals surface area contributed by atoms with E-state index >= 15 is 0 Å². The van der Waals surface area contributed by atoms with Crippen molar-refractivity contribution in [3.8, 4) is 17.4 Å². The van der Waals surface area contributed by atoms with E-state index in [4.69, 9.17) is 9.52 Å². The molecule has 0 bridgehead atoms. The number of nitriles is 1. The minimum absolute atomic E-state index is 0.210. The Kier molecular flexibility index (Phi) is 4.61. The van der Waals surface area contributed by atoms with Crippen LogP contribution in [-0.4, -0.2) is 17.3 Å². The van der Waals surface area contributed by atoms with Gasteiger partial charge in [0, 0.05) is 10.4 Å². The second-order valence-corrected chi connectivity index (χ2v) is 7.43. The first kappa shape index (κ1) is 17.3. The summed E-state index contributed by atoms with van der Waals surface area (Å²) in [5.74, 6) is 0.155. The zero-order chi connectivity index (χ0) is 18.8. The average Bonchev–Trinajstić information content (AvgIpc) is 3.30. The Morgan fingerprint density at radius 3 is 2.93 bits per heavy atom. The van der Waals surface area contributed by atoms with Crippen LogP contribution >= 0.6 is 11.3 Å². The number of carboxylic acid groups (broad SMARTS) is 1. The molecule has 0 saturated carbocycles. The first-order chi connectivity index (χ1) is 13.2. The number of nitrogens with zero attached hydrogens (tertiary/aromatic N) is 2. The van der Waals surface area contributed by atoms with E-state index in [2.05, 4.69) is 11.1 Å². The molecule has 0 amide bonds. The Morgan fingerprint density at radius 1 is 1.26 bits per heavy atom. The number of hydrogen-bond acceptors (Lipinski definition) is 5. The van der Waals surface area contributed by atoms with Gasteiger partial charge in [-0.1, -0.05) is 12.1 Å². The maximum absolute atomic E-state index is 11.1. The van der Waals surface area contributed by atoms with E-state index in [1.54, 1.807) is 53.9 Å². The van der Waals surface area contributed by atoms with Crippen LogP contribution in [0.2, 0.25) is 0 Å². The first-order valence-electron chi connectivity index (χ1n) is 8.68. The highest BCUT2D eigenvalue weighted by Crippen LogP contribution is 2.39. The summed E-state index contributed by atoms with van der Waals surface area (Å²) in [6.45, 7) is 0. The van der Waals surface area contributed by atoms with Crippen molar-refractivity contribution in [2.45, 2.75) is 25.7 Å². The Balaban J connectivity index is 1.60. The summed E-state index contributed by atoms with van der Waals surface area (Å²) >= 11 is 1.59. The predicted octanol–water partition coefficient (Wildman–Crippen LogP) is 5.21. The molecule has 1 N–H and O–H groups in total. The lowest BCUT2D eigenvalue weighted by Gasteiger charge is -2.09. The summed E-state index contributed by atoms with van der Waals surface area (Å²) in [6, 6.07) is 12.5. The molecule has 1 aliphatic carbocycles. The largest absolute Gasteiger partial charge is 0.478 e. The number of aryl methyl sites for hydroxylation is 1. The molecule has 0 radical (unpaired) electrons. The fourth-order valence-corrected chi connectivity index (χ4v) is 4.45. The molecule has 0 fully saturated rings. The lowest BCUT2D eigenvalue weighted by atomic mass is 9.96. The molecule has 3 aromatic rings. The highest BCUT2D eigenvalue weighted by molar-refractivity contribution is 7.16. The maximum Gasteiger partial charge on any atom is 0.335 e. The van der Waals surface area contributed by atoms with Gasteiger partial charge in [-0.3, -0.25) is 0 Å². The second kappa shape index (κ2) is 7.22. The van der Waals surface area contributed by atoms with E-state index in [0.717, 1.165) is 29.8 Å². The standard InChI is InChI=1S/C21H16N2O3S/c22-11-17-16-6-1-2-7-19(16)27-20(17)23-12-15-8-9-18(26-15)13-4-3-5-14(10-13)21(24)25/h3-5,8-10,12H,1-2,6-7H2,(H,24,25). The fraction of sp³-hybridized carbons (Fsp3) is 0.190. The van der Waals surface area contributed by atoms with Gasteiger partial charge < -0.3 is 9.52 Å². The van der Waals surface area contributed by atoms with Gasteiger partial charge in [-0.25, -0.2) is 9.79 Å². The van der Waals surface area contributed by atoms with Gasteiger partial charge >= 0.3 is 5.97 Å². The third kappa shape index (κ3) is 3.42. The van der Waals surface area contributed by atoms with E-state index in [1.165, 1.54) is 11.3 Å². The molecule has 0 unspecified atom stereocenters. The number of aromatic carboxylic acids is 1. The van der Waals surface area contributed by atoms with Crippen molar-refractivity contribution in [2.24, 2.45) is 4.99 Å². The summed E-state index contributed by atoms with van der Waals surface area (Å²) in [5.41, 5.74) is 2.75. The zero-order valence-corrected chi connectivity index (χ0v) is 15.3. The van der Waals surface area contributed by atoms with Crippen molar-refractivity contribution >= 4 is 28.5 Å². The molecular weight excluding hydrogens is 360 g/mol. The monoisotopic (exact) mass is 376 g/mol. The number of hydrogen-bond donors (Lipinski definition) is 1.